The molecule has 1 saturated carbocycles. The number of hydrogen-bond acceptors (Lipinski definition) is 3. The van der Waals surface area contributed by atoms with Crippen molar-refractivity contribution in [1.29, 1.82) is 0 Å². The molecule has 1 aromatic carbocycles. The summed E-state index contributed by atoms with van der Waals surface area (Å²) in [7, 11) is 0. The van der Waals surface area contributed by atoms with Crippen molar-refractivity contribution in [3.05, 3.63) is 58.3 Å². The third kappa shape index (κ3) is 3.08. The van der Waals surface area contributed by atoms with Crippen LogP contribution < -0.4 is 5.73 Å². The minimum atomic E-state index is -0.0479. The molecule has 0 atom stereocenters. The zero-order chi connectivity index (χ0) is 14.8. The number of anilines is 1. The number of nitrogens with zero attached hydrogens (tertiary/aromatic N) is 2. The van der Waals surface area contributed by atoms with E-state index in [1.807, 2.05) is 35.2 Å². The second-order valence-electron chi connectivity index (χ2n) is 5.20. The van der Waals surface area contributed by atoms with Crippen molar-refractivity contribution in [3.63, 3.8) is 0 Å². The van der Waals surface area contributed by atoms with E-state index < -0.39 is 0 Å². The number of rotatable bonds is 4. The summed E-state index contributed by atoms with van der Waals surface area (Å²) in [5.41, 5.74) is 8.15. The molecule has 21 heavy (non-hydrogen) atoms. The van der Waals surface area contributed by atoms with E-state index in [0.29, 0.717) is 18.3 Å². The van der Waals surface area contributed by atoms with Crippen LogP contribution in [0.3, 0.4) is 0 Å². The summed E-state index contributed by atoms with van der Waals surface area (Å²) >= 11 is 3.40. The molecule has 1 fully saturated rings. The van der Waals surface area contributed by atoms with Gasteiger partial charge >= 0.3 is 0 Å². The third-order valence-corrected chi connectivity index (χ3v) is 4.25. The van der Waals surface area contributed by atoms with Crippen molar-refractivity contribution in [1.82, 2.24) is 9.88 Å². The molecule has 0 radical (unpaired) electrons. The molecule has 0 aliphatic heterocycles. The van der Waals surface area contributed by atoms with Gasteiger partial charge in [0, 0.05) is 28.9 Å². The lowest BCUT2D eigenvalue weighted by Gasteiger charge is -2.23. The summed E-state index contributed by atoms with van der Waals surface area (Å²) in [6, 6.07) is 11.6. The minimum absolute atomic E-state index is 0.0479. The summed E-state index contributed by atoms with van der Waals surface area (Å²) in [5.74, 6) is -0.0479. The molecule has 0 spiro atoms. The quantitative estimate of drug-likeness (QED) is 0.865. The number of para-hydroxylation sites is 1. The predicted molar refractivity (Wildman–Crippen MR) is 85.7 cm³/mol. The molecule has 1 aliphatic carbocycles. The molecular weight excluding hydrogens is 330 g/mol. The van der Waals surface area contributed by atoms with Crippen LogP contribution in [0.2, 0.25) is 0 Å². The average molecular weight is 346 g/mol. The van der Waals surface area contributed by atoms with E-state index in [1.165, 1.54) is 0 Å². The first kappa shape index (κ1) is 14.1. The summed E-state index contributed by atoms with van der Waals surface area (Å²) < 4.78 is 0.724. The van der Waals surface area contributed by atoms with E-state index in [0.717, 1.165) is 28.6 Å². The van der Waals surface area contributed by atoms with Gasteiger partial charge in [-0.3, -0.25) is 4.79 Å². The van der Waals surface area contributed by atoms with Crippen LogP contribution in [0.15, 0.2) is 47.1 Å². The third-order valence-electron chi connectivity index (χ3n) is 3.61. The van der Waals surface area contributed by atoms with Gasteiger partial charge in [0.2, 0.25) is 0 Å². The monoisotopic (exact) mass is 345 g/mol. The van der Waals surface area contributed by atoms with Gasteiger partial charge < -0.3 is 10.6 Å². The van der Waals surface area contributed by atoms with Gasteiger partial charge in [-0.1, -0.05) is 18.2 Å². The summed E-state index contributed by atoms with van der Waals surface area (Å²) in [4.78, 5) is 18.8. The van der Waals surface area contributed by atoms with Crippen LogP contribution in [-0.4, -0.2) is 21.8 Å². The first-order valence-electron chi connectivity index (χ1n) is 6.91. The number of hydrogen-bond donors (Lipinski definition) is 1. The number of halogens is 1. The van der Waals surface area contributed by atoms with Crippen molar-refractivity contribution in [2.45, 2.75) is 25.4 Å². The number of nitrogens with two attached hydrogens (primary N) is 1. The lowest BCUT2D eigenvalue weighted by Crippen LogP contribution is -2.33. The molecule has 1 aliphatic rings. The fourth-order valence-corrected chi connectivity index (χ4v) is 2.72. The van der Waals surface area contributed by atoms with E-state index >= 15 is 0 Å². The van der Waals surface area contributed by atoms with Gasteiger partial charge in [-0.15, -0.1) is 0 Å². The minimum Gasteiger partial charge on any atom is -0.398 e. The zero-order valence-corrected chi connectivity index (χ0v) is 13.1. The number of aromatic nitrogens is 1. The van der Waals surface area contributed by atoms with Crippen LogP contribution in [-0.2, 0) is 6.54 Å². The van der Waals surface area contributed by atoms with E-state index in [1.54, 1.807) is 12.3 Å². The Bertz CT molecular complexity index is 670. The van der Waals surface area contributed by atoms with Crippen LogP contribution in [0.25, 0.3) is 0 Å². The predicted octanol–water partition coefficient (Wildman–Crippen LogP) is 3.23. The van der Waals surface area contributed by atoms with Gasteiger partial charge in [0.1, 0.15) is 5.69 Å². The maximum atomic E-state index is 12.8. The Labute approximate surface area is 132 Å². The summed E-state index contributed by atoms with van der Waals surface area (Å²) in [5, 5.41) is 0. The molecular formula is C16H16BrN3O. The molecule has 0 saturated heterocycles. The fourth-order valence-electron chi connectivity index (χ4n) is 2.29. The highest BCUT2D eigenvalue weighted by Crippen LogP contribution is 2.31. The number of carbonyl (C=O) groups is 1. The molecule has 0 unspecified atom stereocenters. The molecule has 4 nitrogen and oxygen atoms in total. The molecule has 2 aromatic rings. The largest absolute Gasteiger partial charge is 0.398 e. The Morgan fingerprint density at radius 1 is 1.29 bits per heavy atom. The number of nitrogen functional groups attached to an aromatic ring is 1. The van der Waals surface area contributed by atoms with E-state index in [-0.39, 0.29) is 5.91 Å². The Morgan fingerprint density at radius 3 is 2.71 bits per heavy atom. The highest BCUT2D eigenvalue weighted by atomic mass is 79.9. The SMILES string of the molecule is Nc1ccccc1CN(C(=O)c1ncccc1Br)C1CC1. The standard InChI is InChI=1S/C16H16BrN3O/c17-13-5-3-9-19-15(13)16(21)20(12-7-8-12)10-11-4-1-2-6-14(11)18/h1-6,9,12H,7-8,10,18H2. The topological polar surface area (TPSA) is 59.2 Å². The van der Waals surface area contributed by atoms with E-state index in [4.69, 9.17) is 5.73 Å². The molecule has 0 bridgehead atoms. The average Bonchev–Trinajstić information content (AvgIpc) is 3.31. The Morgan fingerprint density at radius 2 is 2.05 bits per heavy atom. The number of pyridine rings is 1. The Kier molecular flexibility index (Phi) is 3.92. The number of benzene rings is 1. The maximum absolute atomic E-state index is 12.8. The lowest BCUT2D eigenvalue weighted by atomic mass is 10.1. The van der Waals surface area contributed by atoms with Crippen LogP contribution in [0.4, 0.5) is 5.69 Å². The molecule has 3 rings (SSSR count). The summed E-state index contributed by atoms with van der Waals surface area (Å²) in [6.45, 7) is 0.527. The highest BCUT2D eigenvalue weighted by Gasteiger charge is 2.34. The van der Waals surface area contributed by atoms with Gasteiger partial charge in [0.25, 0.3) is 5.91 Å². The second-order valence-corrected chi connectivity index (χ2v) is 6.05. The van der Waals surface area contributed by atoms with Gasteiger partial charge in [0.05, 0.1) is 0 Å². The molecule has 1 heterocycles. The second kappa shape index (κ2) is 5.85. The molecule has 108 valence electrons. The van der Waals surface area contributed by atoms with Crippen LogP contribution >= 0.6 is 15.9 Å². The van der Waals surface area contributed by atoms with Crippen LogP contribution in [0, 0.1) is 0 Å². The maximum Gasteiger partial charge on any atom is 0.274 e. The molecule has 1 aromatic heterocycles. The van der Waals surface area contributed by atoms with Gasteiger partial charge in [-0.2, -0.15) is 0 Å². The zero-order valence-electron chi connectivity index (χ0n) is 11.5. The molecule has 1 amide bonds. The molecule has 5 heteroatoms. The highest BCUT2D eigenvalue weighted by molar-refractivity contribution is 9.10. The van der Waals surface area contributed by atoms with E-state index in [9.17, 15) is 4.79 Å². The van der Waals surface area contributed by atoms with Gasteiger partial charge in [-0.25, -0.2) is 4.98 Å². The first-order valence-corrected chi connectivity index (χ1v) is 7.71. The van der Waals surface area contributed by atoms with Gasteiger partial charge in [-0.05, 0) is 52.5 Å². The van der Waals surface area contributed by atoms with E-state index in [2.05, 4.69) is 20.9 Å². The molecule has 2 N–H and O–H groups in total. The summed E-state index contributed by atoms with van der Waals surface area (Å²) in [6.07, 6.45) is 3.73. The number of carbonyl (C=O) groups excluding carboxylic acids is 1. The van der Waals surface area contributed by atoms with Crippen LogP contribution in [0.1, 0.15) is 28.9 Å². The van der Waals surface area contributed by atoms with Crippen molar-refractivity contribution < 1.29 is 4.79 Å². The van der Waals surface area contributed by atoms with Crippen molar-refractivity contribution >= 4 is 27.5 Å². The van der Waals surface area contributed by atoms with Crippen LogP contribution in [0.5, 0.6) is 0 Å². The Balaban J connectivity index is 1.87. The fraction of sp³-hybridized carbons (Fsp3) is 0.250. The smallest absolute Gasteiger partial charge is 0.274 e. The van der Waals surface area contributed by atoms with Crippen molar-refractivity contribution in [3.8, 4) is 0 Å². The van der Waals surface area contributed by atoms with Gasteiger partial charge in [0.15, 0.2) is 0 Å². The first-order chi connectivity index (χ1) is 10.2. The lowest BCUT2D eigenvalue weighted by molar-refractivity contribution is 0.0723. The number of amides is 1. The Hall–Kier alpha value is -1.88. The van der Waals surface area contributed by atoms with Crippen molar-refractivity contribution in [2.75, 3.05) is 5.73 Å². The normalized spacial score (nSPS) is 14.0. The van der Waals surface area contributed by atoms with Crippen molar-refractivity contribution in [2.24, 2.45) is 0 Å².